The van der Waals surface area contributed by atoms with Crippen molar-refractivity contribution < 1.29 is 13.9 Å². The van der Waals surface area contributed by atoms with Crippen molar-refractivity contribution in [1.29, 1.82) is 0 Å². The summed E-state index contributed by atoms with van der Waals surface area (Å²) in [6.07, 6.45) is 0. The van der Waals surface area contributed by atoms with E-state index in [0.29, 0.717) is 43.2 Å². The summed E-state index contributed by atoms with van der Waals surface area (Å²) >= 11 is 0. The molecular formula is C25H28FN5O2. The molecule has 2 heterocycles. The first-order valence-corrected chi connectivity index (χ1v) is 11.2. The van der Waals surface area contributed by atoms with Gasteiger partial charge in [0.25, 0.3) is 5.91 Å². The van der Waals surface area contributed by atoms with Crippen molar-refractivity contribution in [2.24, 2.45) is 0 Å². The van der Waals surface area contributed by atoms with E-state index >= 15 is 0 Å². The van der Waals surface area contributed by atoms with E-state index < -0.39 is 0 Å². The smallest absolute Gasteiger partial charge is 0.254 e. The van der Waals surface area contributed by atoms with Crippen LogP contribution in [0.2, 0.25) is 0 Å². The lowest BCUT2D eigenvalue weighted by Crippen LogP contribution is -2.49. The van der Waals surface area contributed by atoms with E-state index in [1.807, 2.05) is 17.0 Å². The minimum atomic E-state index is -0.323. The van der Waals surface area contributed by atoms with Gasteiger partial charge in [-0.05, 0) is 68.4 Å². The lowest BCUT2D eigenvalue weighted by molar-refractivity contribution is 0.0746. The number of carbonyl (C=O) groups is 1. The molecule has 1 saturated heterocycles. The third-order valence-electron chi connectivity index (χ3n) is 5.75. The molecule has 172 valence electrons. The first-order valence-electron chi connectivity index (χ1n) is 11.2. The van der Waals surface area contributed by atoms with Crippen LogP contribution < -0.4 is 14.5 Å². The summed E-state index contributed by atoms with van der Waals surface area (Å²) in [5, 5.41) is 8.76. The normalized spacial score (nSPS) is 13.7. The molecule has 0 unspecified atom stereocenters. The quantitative estimate of drug-likeness (QED) is 0.538. The van der Waals surface area contributed by atoms with Gasteiger partial charge < -0.3 is 19.4 Å². The predicted octanol–water partition coefficient (Wildman–Crippen LogP) is 4.22. The van der Waals surface area contributed by atoms with E-state index in [2.05, 4.69) is 33.8 Å². The SMILES string of the molecule is CCN(CC)c1ccc(N2CCN(C(=O)c3cccc(Oc4ccc(F)cc4)c3)CC2)nn1. The number of benzene rings is 2. The van der Waals surface area contributed by atoms with Crippen molar-refractivity contribution in [3.05, 3.63) is 72.0 Å². The van der Waals surface area contributed by atoms with E-state index in [1.165, 1.54) is 12.1 Å². The van der Waals surface area contributed by atoms with E-state index in [1.54, 1.807) is 36.4 Å². The fourth-order valence-corrected chi connectivity index (χ4v) is 3.86. The van der Waals surface area contributed by atoms with Crippen LogP contribution in [-0.4, -0.2) is 60.3 Å². The largest absolute Gasteiger partial charge is 0.457 e. The zero-order valence-corrected chi connectivity index (χ0v) is 18.9. The molecule has 0 N–H and O–H groups in total. The second-order valence-electron chi connectivity index (χ2n) is 7.79. The van der Waals surface area contributed by atoms with Crippen molar-refractivity contribution in [2.45, 2.75) is 13.8 Å². The first kappa shape index (κ1) is 22.5. The Kier molecular flexibility index (Phi) is 7.02. The Bertz CT molecular complexity index is 1060. The summed E-state index contributed by atoms with van der Waals surface area (Å²) in [4.78, 5) is 19.2. The summed E-state index contributed by atoms with van der Waals surface area (Å²) in [7, 11) is 0. The van der Waals surface area contributed by atoms with Crippen molar-refractivity contribution in [2.75, 3.05) is 49.1 Å². The van der Waals surface area contributed by atoms with Gasteiger partial charge in [-0.2, -0.15) is 0 Å². The molecule has 0 spiro atoms. The average molecular weight is 450 g/mol. The molecule has 1 aromatic heterocycles. The molecule has 0 atom stereocenters. The number of amides is 1. The molecule has 1 amide bonds. The van der Waals surface area contributed by atoms with Crippen LogP contribution in [-0.2, 0) is 0 Å². The lowest BCUT2D eigenvalue weighted by atomic mass is 10.1. The highest BCUT2D eigenvalue weighted by Crippen LogP contribution is 2.24. The molecular weight excluding hydrogens is 421 g/mol. The number of aromatic nitrogens is 2. The number of rotatable bonds is 7. The fourth-order valence-electron chi connectivity index (χ4n) is 3.86. The molecule has 1 fully saturated rings. The maximum absolute atomic E-state index is 13.1. The molecule has 4 rings (SSSR count). The van der Waals surface area contributed by atoms with Gasteiger partial charge in [-0.1, -0.05) is 6.07 Å². The van der Waals surface area contributed by atoms with Gasteiger partial charge in [0.15, 0.2) is 11.6 Å². The molecule has 1 aliphatic heterocycles. The summed E-state index contributed by atoms with van der Waals surface area (Å²) < 4.78 is 18.9. The molecule has 0 aliphatic carbocycles. The number of nitrogens with zero attached hydrogens (tertiary/aromatic N) is 5. The second-order valence-corrected chi connectivity index (χ2v) is 7.79. The van der Waals surface area contributed by atoms with Crippen molar-refractivity contribution in [3.63, 3.8) is 0 Å². The maximum Gasteiger partial charge on any atom is 0.254 e. The highest BCUT2D eigenvalue weighted by atomic mass is 19.1. The Morgan fingerprint density at radius 1 is 0.939 bits per heavy atom. The van der Waals surface area contributed by atoms with Crippen LogP contribution in [0.1, 0.15) is 24.2 Å². The van der Waals surface area contributed by atoms with E-state index in [4.69, 9.17) is 4.74 Å². The molecule has 0 saturated carbocycles. The van der Waals surface area contributed by atoms with Gasteiger partial charge in [0, 0.05) is 44.8 Å². The number of hydrogen-bond donors (Lipinski definition) is 0. The maximum atomic E-state index is 13.1. The lowest BCUT2D eigenvalue weighted by Gasteiger charge is -2.35. The highest BCUT2D eigenvalue weighted by molar-refractivity contribution is 5.94. The Balaban J connectivity index is 1.36. The van der Waals surface area contributed by atoms with Crippen LogP contribution in [0.5, 0.6) is 11.5 Å². The predicted molar refractivity (Wildman–Crippen MR) is 127 cm³/mol. The monoisotopic (exact) mass is 449 g/mol. The number of ether oxygens (including phenoxy) is 1. The number of halogens is 1. The van der Waals surface area contributed by atoms with Crippen molar-refractivity contribution in [1.82, 2.24) is 15.1 Å². The van der Waals surface area contributed by atoms with Gasteiger partial charge >= 0.3 is 0 Å². The minimum Gasteiger partial charge on any atom is -0.457 e. The highest BCUT2D eigenvalue weighted by Gasteiger charge is 2.23. The van der Waals surface area contributed by atoms with E-state index in [0.717, 1.165) is 24.7 Å². The number of piperazine rings is 1. The van der Waals surface area contributed by atoms with Crippen LogP contribution in [0.15, 0.2) is 60.7 Å². The molecule has 2 aromatic carbocycles. The van der Waals surface area contributed by atoms with Crippen molar-refractivity contribution in [3.8, 4) is 11.5 Å². The van der Waals surface area contributed by atoms with Crippen molar-refractivity contribution >= 4 is 17.5 Å². The van der Waals surface area contributed by atoms with E-state index in [9.17, 15) is 9.18 Å². The van der Waals surface area contributed by atoms with Crippen LogP contribution in [0.4, 0.5) is 16.0 Å². The third kappa shape index (κ3) is 5.39. The zero-order chi connectivity index (χ0) is 23.2. The van der Waals surface area contributed by atoms with Gasteiger partial charge in [0.05, 0.1) is 0 Å². The molecule has 0 bridgehead atoms. The fraction of sp³-hybridized carbons (Fsp3) is 0.320. The Morgan fingerprint density at radius 2 is 1.67 bits per heavy atom. The average Bonchev–Trinajstić information content (AvgIpc) is 2.86. The zero-order valence-electron chi connectivity index (χ0n) is 18.9. The number of anilines is 2. The number of hydrogen-bond acceptors (Lipinski definition) is 6. The second kappa shape index (κ2) is 10.3. The van der Waals surface area contributed by atoms with E-state index in [-0.39, 0.29) is 11.7 Å². The van der Waals surface area contributed by atoms with Gasteiger partial charge in [0.1, 0.15) is 17.3 Å². The van der Waals surface area contributed by atoms with Gasteiger partial charge in [-0.3, -0.25) is 4.79 Å². The number of carbonyl (C=O) groups excluding carboxylic acids is 1. The third-order valence-corrected chi connectivity index (χ3v) is 5.75. The Morgan fingerprint density at radius 3 is 2.30 bits per heavy atom. The summed E-state index contributed by atoms with van der Waals surface area (Å²) in [5.41, 5.74) is 0.562. The van der Waals surface area contributed by atoms with Crippen LogP contribution in [0.3, 0.4) is 0 Å². The molecule has 7 nitrogen and oxygen atoms in total. The standard InChI is InChI=1S/C25H28FN5O2/c1-3-29(4-2)23-12-13-24(28-27-23)30-14-16-31(17-15-30)25(32)19-6-5-7-22(18-19)33-21-10-8-20(26)9-11-21/h5-13,18H,3-4,14-17H2,1-2H3. The van der Waals surface area contributed by atoms with Crippen LogP contribution in [0, 0.1) is 5.82 Å². The minimum absolute atomic E-state index is 0.0397. The van der Waals surface area contributed by atoms with Crippen LogP contribution >= 0.6 is 0 Å². The molecule has 8 heteroatoms. The molecule has 1 aliphatic rings. The molecule has 0 radical (unpaired) electrons. The van der Waals surface area contributed by atoms with Crippen LogP contribution in [0.25, 0.3) is 0 Å². The summed E-state index contributed by atoms with van der Waals surface area (Å²) in [6.45, 7) is 8.55. The summed E-state index contributed by atoms with van der Waals surface area (Å²) in [5.74, 6) is 2.39. The van der Waals surface area contributed by atoms with Gasteiger partial charge in [-0.15, -0.1) is 10.2 Å². The molecule has 33 heavy (non-hydrogen) atoms. The van der Waals surface area contributed by atoms with Gasteiger partial charge in [0.2, 0.25) is 0 Å². The summed E-state index contributed by atoms with van der Waals surface area (Å²) in [6, 6.07) is 16.8. The van der Waals surface area contributed by atoms with Gasteiger partial charge in [-0.25, -0.2) is 4.39 Å². The topological polar surface area (TPSA) is 61.8 Å². The Hall–Kier alpha value is -3.68. The first-order chi connectivity index (χ1) is 16.1. The Labute approximate surface area is 193 Å². The molecule has 3 aromatic rings.